The number of unbranched alkanes of at least 4 members (excludes halogenated alkanes) is 1. The van der Waals surface area contributed by atoms with Crippen molar-refractivity contribution in [2.24, 2.45) is 0 Å². The summed E-state index contributed by atoms with van der Waals surface area (Å²) < 4.78 is 10.5. The zero-order valence-electron chi connectivity index (χ0n) is 16.5. The molecule has 2 rings (SSSR count). The molecule has 0 aliphatic rings. The number of aryl methyl sites for hydroxylation is 2. The van der Waals surface area contributed by atoms with Crippen molar-refractivity contribution in [3.05, 3.63) is 71.8 Å². The fourth-order valence-electron chi connectivity index (χ4n) is 2.90. The first-order valence-electron chi connectivity index (χ1n) is 10.1. The van der Waals surface area contributed by atoms with Crippen molar-refractivity contribution >= 4 is 11.9 Å². The second-order valence-electron chi connectivity index (χ2n) is 6.83. The first-order valence-corrected chi connectivity index (χ1v) is 10.1. The van der Waals surface area contributed by atoms with Crippen LogP contribution in [0, 0.1) is 0 Å². The molecule has 0 saturated carbocycles. The Balaban J connectivity index is 1.41. The van der Waals surface area contributed by atoms with Crippen molar-refractivity contribution in [3.8, 4) is 0 Å². The molecule has 0 spiro atoms. The summed E-state index contributed by atoms with van der Waals surface area (Å²) >= 11 is 0. The smallest absolute Gasteiger partial charge is 0.305 e. The van der Waals surface area contributed by atoms with Crippen molar-refractivity contribution in [1.29, 1.82) is 0 Å². The van der Waals surface area contributed by atoms with Crippen molar-refractivity contribution in [2.75, 3.05) is 13.2 Å². The molecule has 0 radical (unpaired) electrons. The number of hydrogen-bond donors (Lipinski definition) is 0. The van der Waals surface area contributed by atoms with Gasteiger partial charge in [-0.05, 0) is 49.7 Å². The second kappa shape index (κ2) is 13.5. The molecule has 0 aliphatic carbocycles. The van der Waals surface area contributed by atoms with Crippen molar-refractivity contribution in [1.82, 2.24) is 0 Å². The summed E-state index contributed by atoms with van der Waals surface area (Å²) in [4.78, 5) is 23.4. The highest BCUT2D eigenvalue weighted by molar-refractivity contribution is 5.70. The van der Waals surface area contributed by atoms with E-state index < -0.39 is 0 Å². The lowest BCUT2D eigenvalue weighted by Crippen LogP contribution is -2.08. The van der Waals surface area contributed by atoms with Gasteiger partial charge in [-0.3, -0.25) is 9.59 Å². The summed E-state index contributed by atoms with van der Waals surface area (Å²) in [5.74, 6) is -0.381. The number of esters is 2. The quantitative estimate of drug-likeness (QED) is 0.365. The number of ether oxygens (including phenoxy) is 2. The molecular weight excluding hydrogens is 352 g/mol. The van der Waals surface area contributed by atoms with Crippen LogP contribution >= 0.6 is 0 Å². The lowest BCUT2D eigenvalue weighted by Gasteiger charge is -2.06. The minimum Gasteiger partial charge on any atom is -0.466 e. The van der Waals surface area contributed by atoms with Crippen LogP contribution in [-0.2, 0) is 31.9 Å². The molecule has 4 nitrogen and oxygen atoms in total. The van der Waals surface area contributed by atoms with Crippen molar-refractivity contribution in [3.63, 3.8) is 0 Å². The van der Waals surface area contributed by atoms with Crippen LogP contribution in [0.5, 0.6) is 0 Å². The minimum absolute atomic E-state index is 0.190. The third-order valence-corrected chi connectivity index (χ3v) is 4.44. The minimum atomic E-state index is -0.190. The molecule has 0 heterocycles. The maximum absolute atomic E-state index is 11.7. The lowest BCUT2D eigenvalue weighted by molar-refractivity contribution is -0.146. The van der Waals surface area contributed by atoms with Gasteiger partial charge in [-0.2, -0.15) is 0 Å². The van der Waals surface area contributed by atoms with E-state index in [4.69, 9.17) is 9.47 Å². The molecule has 2 aromatic carbocycles. The SMILES string of the molecule is O=C(CCCCC(=O)OCCCc1ccccc1)OCCCc1ccccc1. The van der Waals surface area contributed by atoms with Gasteiger partial charge in [-0.15, -0.1) is 0 Å². The highest BCUT2D eigenvalue weighted by Crippen LogP contribution is 2.06. The molecule has 0 aliphatic heterocycles. The zero-order chi connectivity index (χ0) is 19.9. The molecule has 0 atom stereocenters. The number of hydrogen-bond acceptors (Lipinski definition) is 4. The molecule has 2 aromatic rings. The number of carbonyl (C=O) groups excluding carboxylic acids is 2. The summed E-state index contributed by atoms with van der Waals surface area (Å²) in [6, 6.07) is 20.3. The second-order valence-corrected chi connectivity index (χ2v) is 6.83. The first kappa shape index (κ1) is 21.7. The van der Waals surface area contributed by atoms with E-state index in [1.54, 1.807) is 0 Å². The van der Waals surface area contributed by atoms with Crippen LogP contribution in [0.3, 0.4) is 0 Å². The van der Waals surface area contributed by atoms with Crippen LogP contribution in [-0.4, -0.2) is 25.2 Å². The Morgan fingerprint density at radius 1 is 0.571 bits per heavy atom. The maximum atomic E-state index is 11.7. The Kier molecular flexibility index (Phi) is 10.5. The third kappa shape index (κ3) is 9.91. The maximum Gasteiger partial charge on any atom is 0.305 e. The largest absolute Gasteiger partial charge is 0.466 e. The fraction of sp³-hybridized carbons (Fsp3) is 0.417. The Labute approximate surface area is 167 Å². The molecule has 0 saturated heterocycles. The van der Waals surface area contributed by atoms with E-state index in [1.165, 1.54) is 11.1 Å². The zero-order valence-corrected chi connectivity index (χ0v) is 16.5. The summed E-state index contributed by atoms with van der Waals surface area (Å²) in [5.41, 5.74) is 2.50. The van der Waals surface area contributed by atoms with E-state index in [2.05, 4.69) is 24.3 Å². The molecule has 0 unspecified atom stereocenters. The molecule has 0 fully saturated rings. The molecule has 4 heteroatoms. The van der Waals surface area contributed by atoms with Gasteiger partial charge in [-0.1, -0.05) is 60.7 Å². The molecule has 0 bridgehead atoms. The van der Waals surface area contributed by atoms with Crippen LogP contribution in [0.4, 0.5) is 0 Å². The van der Waals surface area contributed by atoms with E-state index in [0.29, 0.717) is 38.9 Å². The van der Waals surface area contributed by atoms with Gasteiger partial charge in [0.25, 0.3) is 0 Å². The van der Waals surface area contributed by atoms with Crippen molar-refractivity contribution < 1.29 is 19.1 Å². The van der Waals surface area contributed by atoms with Crippen LogP contribution in [0.2, 0.25) is 0 Å². The summed E-state index contributed by atoms with van der Waals surface area (Å²) in [6.07, 6.45) is 5.47. The van der Waals surface area contributed by atoms with E-state index in [-0.39, 0.29) is 11.9 Å². The Morgan fingerprint density at radius 2 is 0.964 bits per heavy atom. The van der Waals surface area contributed by atoms with Crippen LogP contribution in [0.25, 0.3) is 0 Å². The lowest BCUT2D eigenvalue weighted by atomic mass is 10.1. The number of carbonyl (C=O) groups is 2. The topological polar surface area (TPSA) is 52.6 Å². The Bertz CT molecular complexity index is 621. The predicted octanol–water partition coefficient (Wildman–Crippen LogP) is 4.90. The molecular formula is C24H30O4. The van der Waals surface area contributed by atoms with Crippen LogP contribution in [0.1, 0.15) is 49.7 Å². The van der Waals surface area contributed by atoms with Gasteiger partial charge in [-0.25, -0.2) is 0 Å². The van der Waals surface area contributed by atoms with Crippen LogP contribution in [0.15, 0.2) is 60.7 Å². The Hall–Kier alpha value is -2.62. The fourth-order valence-corrected chi connectivity index (χ4v) is 2.90. The molecule has 150 valence electrons. The summed E-state index contributed by atoms with van der Waals surface area (Å²) in [6.45, 7) is 0.883. The van der Waals surface area contributed by atoms with Gasteiger partial charge in [0.2, 0.25) is 0 Å². The van der Waals surface area contributed by atoms with Gasteiger partial charge < -0.3 is 9.47 Å². The van der Waals surface area contributed by atoms with E-state index in [1.807, 2.05) is 36.4 Å². The van der Waals surface area contributed by atoms with Crippen LogP contribution < -0.4 is 0 Å². The van der Waals surface area contributed by atoms with E-state index >= 15 is 0 Å². The van der Waals surface area contributed by atoms with Crippen molar-refractivity contribution in [2.45, 2.75) is 51.4 Å². The molecule has 0 amide bonds. The average Bonchev–Trinajstić information content (AvgIpc) is 2.73. The van der Waals surface area contributed by atoms with Gasteiger partial charge >= 0.3 is 11.9 Å². The highest BCUT2D eigenvalue weighted by atomic mass is 16.5. The first-order chi connectivity index (χ1) is 13.7. The third-order valence-electron chi connectivity index (χ3n) is 4.44. The highest BCUT2D eigenvalue weighted by Gasteiger charge is 2.06. The van der Waals surface area contributed by atoms with E-state index in [9.17, 15) is 9.59 Å². The molecule has 0 N–H and O–H groups in total. The predicted molar refractivity (Wildman–Crippen MR) is 110 cm³/mol. The van der Waals surface area contributed by atoms with Gasteiger partial charge in [0, 0.05) is 12.8 Å². The normalized spacial score (nSPS) is 10.4. The molecule has 0 aromatic heterocycles. The van der Waals surface area contributed by atoms with E-state index in [0.717, 1.165) is 25.7 Å². The average molecular weight is 383 g/mol. The summed E-state index contributed by atoms with van der Waals surface area (Å²) in [7, 11) is 0. The standard InChI is InChI=1S/C24H30O4/c25-23(27-19-9-15-21-11-3-1-4-12-21)17-7-8-18-24(26)28-20-10-16-22-13-5-2-6-14-22/h1-6,11-14H,7-10,15-20H2. The monoisotopic (exact) mass is 382 g/mol. The molecule has 28 heavy (non-hydrogen) atoms. The van der Waals surface area contributed by atoms with Gasteiger partial charge in [0.15, 0.2) is 0 Å². The van der Waals surface area contributed by atoms with Gasteiger partial charge in [0.1, 0.15) is 0 Å². The van der Waals surface area contributed by atoms with Gasteiger partial charge in [0.05, 0.1) is 13.2 Å². The summed E-state index contributed by atoms with van der Waals surface area (Å²) in [5, 5.41) is 0. The number of rotatable bonds is 13. The Morgan fingerprint density at radius 3 is 1.36 bits per heavy atom. The number of benzene rings is 2.